The van der Waals surface area contributed by atoms with Gasteiger partial charge in [-0.1, -0.05) is 18.2 Å². The average molecular weight is 275 g/mol. The van der Waals surface area contributed by atoms with Gasteiger partial charge in [0.25, 0.3) is 0 Å². The summed E-state index contributed by atoms with van der Waals surface area (Å²) in [5.74, 6) is 0. The molecule has 4 aromatic rings. The number of benzene rings is 2. The molecule has 102 valence electrons. The number of rotatable bonds is 1. The van der Waals surface area contributed by atoms with E-state index in [1.807, 2.05) is 60.1 Å². The first-order chi connectivity index (χ1) is 10.2. The summed E-state index contributed by atoms with van der Waals surface area (Å²) in [6, 6.07) is 15.5. The lowest BCUT2D eigenvalue weighted by atomic mass is 10.2. The van der Waals surface area contributed by atoms with Crippen LogP contribution in [0, 0.1) is 6.92 Å². The average Bonchev–Trinajstić information content (AvgIpc) is 2.82. The summed E-state index contributed by atoms with van der Waals surface area (Å²) >= 11 is 0. The quantitative estimate of drug-likeness (QED) is 0.542. The fourth-order valence-electron chi connectivity index (χ4n) is 2.45. The minimum absolute atomic E-state index is 0.679. The molecule has 0 saturated carbocycles. The highest BCUT2D eigenvalue weighted by Crippen LogP contribution is 2.22. The first kappa shape index (κ1) is 11.8. The minimum atomic E-state index is 0.679. The zero-order chi connectivity index (χ0) is 14.4. The van der Waals surface area contributed by atoms with Gasteiger partial charge in [0, 0.05) is 5.69 Å². The van der Waals surface area contributed by atoms with Crippen molar-refractivity contribution in [1.82, 2.24) is 19.7 Å². The summed E-state index contributed by atoms with van der Waals surface area (Å²) in [7, 11) is 0. The smallest absolute Gasteiger partial charge is 0.182 e. The van der Waals surface area contributed by atoms with Crippen LogP contribution in [0.5, 0.6) is 0 Å². The molecule has 21 heavy (non-hydrogen) atoms. The second kappa shape index (κ2) is 4.28. The lowest BCUT2D eigenvalue weighted by molar-refractivity contribution is 0.879. The van der Waals surface area contributed by atoms with Crippen molar-refractivity contribution in [2.24, 2.45) is 0 Å². The number of fused-ring (bicyclic) bond motifs is 2. The predicted molar refractivity (Wildman–Crippen MR) is 83.3 cm³/mol. The number of aromatic nitrogens is 4. The standard InChI is InChI=1S/C16H13N5/c1-10-15-16(21(20-10)12-5-3-2-4-6-12)19-14-9-11(17)7-8-13(14)18-15/h2-9H,17H2,1H3. The van der Waals surface area contributed by atoms with Gasteiger partial charge >= 0.3 is 0 Å². The Morgan fingerprint density at radius 2 is 1.76 bits per heavy atom. The van der Waals surface area contributed by atoms with E-state index in [9.17, 15) is 0 Å². The lowest BCUT2D eigenvalue weighted by Gasteiger charge is -2.03. The molecule has 2 heterocycles. The summed E-state index contributed by atoms with van der Waals surface area (Å²) in [6.07, 6.45) is 0. The van der Waals surface area contributed by atoms with Gasteiger partial charge in [-0.3, -0.25) is 0 Å². The highest BCUT2D eigenvalue weighted by Gasteiger charge is 2.13. The van der Waals surface area contributed by atoms with Gasteiger partial charge in [-0.05, 0) is 37.3 Å². The van der Waals surface area contributed by atoms with E-state index in [0.29, 0.717) is 5.69 Å². The van der Waals surface area contributed by atoms with Crippen LogP contribution in [0.2, 0.25) is 0 Å². The molecule has 0 amide bonds. The number of aryl methyl sites for hydroxylation is 1. The molecule has 5 heteroatoms. The zero-order valence-electron chi connectivity index (χ0n) is 11.5. The topological polar surface area (TPSA) is 69.6 Å². The van der Waals surface area contributed by atoms with Crippen LogP contribution in [0.3, 0.4) is 0 Å². The van der Waals surface area contributed by atoms with E-state index in [1.165, 1.54) is 0 Å². The van der Waals surface area contributed by atoms with Crippen LogP contribution in [0.25, 0.3) is 27.9 Å². The van der Waals surface area contributed by atoms with Crippen molar-refractivity contribution in [3.63, 3.8) is 0 Å². The van der Waals surface area contributed by atoms with Crippen LogP contribution in [0.15, 0.2) is 48.5 Å². The molecule has 0 fully saturated rings. The van der Waals surface area contributed by atoms with Crippen LogP contribution < -0.4 is 5.73 Å². The molecule has 2 aromatic carbocycles. The Labute approximate surface area is 121 Å². The van der Waals surface area contributed by atoms with Crippen LogP contribution >= 0.6 is 0 Å². The van der Waals surface area contributed by atoms with E-state index in [0.717, 1.165) is 33.6 Å². The molecule has 0 atom stereocenters. The number of hydrogen-bond donors (Lipinski definition) is 1. The summed E-state index contributed by atoms with van der Waals surface area (Å²) in [5, 5.41) is 4.57. The lowest BCUT2D eigenvalue weighted by Crippen LogP contribution is -1.98. The summed E-state index contributed by atoms with van der Waals surface area (Å²) in [4.78, 5) is 9.36. The van der Waals surface area contributed by atoms with E-state index in [4.69, 9.17) is 10.7 Å². The fraction of sp³-hybridized carbons (Fsp3) is 0.0625. The van der Waals surface area contributed by atoms with Gasteiger partial charge in [0.2, 0.25) is 0 Å². The monoisotopic (exact) mass is 275 g/mol. The Kier molecular flexibility index (Phi) is 2.41. The number of nitrogens with zero attached hydrogens (tertiary/aromatic N) is 4. The summed E-state index contributed by atoms with van der Waals surface area (Å²) < 4.78 is 1.82. The number of anilines is 1. The predicted octanol–water partition coefficient (Wildman–Crippen LogP) is 2.86. The van der Waals surface area contributed by atoms with Gasteiger partial charge in [-0.2, -0.15) is 5.10 Å². The highest BCUT2D eigenvalue weighted by molar-refractivity contribution is 5.88. The first-order valence-corrected chi connectivity index (χ1v) is 6.70. The van der Waals surface area contributed by atoms with E-state index < -0.39 is 0 Å². The van der Waals surface area contributed by atoms with E-state index in [2.05, 4.69) is 10.1 Å². The zero-order valence-corrected chi connectivity index (χ0v) is 11.5. The second-order valence-electron chi connectivity index (χ2n) is 4.98. The molecule has 0 spiro atoms. The maximum absolute atomic E-state index is 5.83. The molecule has 0 radical (unpaired) electrons. The Hall–Kier alpha value is -2.95. The molecule has 0 unspecified atom stereocenters. The molecule has 0 bridgehead atoms. The third-order valence-electron chi connectivity index (χ3n) is 3.46. The number of nitrogen functional groups attached to an aromatic ring is 1. The SMILES string of the molecule is Cc1nn(-c2ccccc2)c2nc3cc(N)ccc3nc12. The number of nitrogens with two attached hydrogens (primary N) is 1. The van der Waals surface area contributed by atoms with Crippen LogP contribution in [-0.2, 0) is 0 Å². The molecule has 0 aliphatic heterocycles. The van der Waals surface area contributed by atoms with Gasteiger partial charge in [-0.15, -0.1) is 0 Å². The van der Waals surface area contributed by atoms with Gasteiger partial charge in [-0.25, -0.2) is 14.6 Å². The third-order valence-corrected chi connectivity index (χ3v) is 3.46. The molecular weight excluding hydrogens is 262 g/mol. The van der Waals surface area contributed by atoms with E-state index in [1.54, 1.807) is 0 Å². The highest BCUT2D eigenvalue weighted by atomic mass is 15.3. The van der Waals surface area contributed by atoms with Crippen molar-refractivity contribution in [1.29, 1.82) is 0 Å². The van der Waals surface area contributed by atoms with Gasteiger partial charge in [0.05, 0.1) is 22.4 Å². The Balaban J connectivity index is 2.09. The fourth-order valence-corrected chi connectivity index (χ4v) is 2.45. The van der Waals surface area contributed by atoms with E-state index in [-0.39, 0.29) is 0 Å². The number of hydrogen-bond acceptors (Lipinski definition) is 4. The Morgan fingerprint density at radius 3 is 2.57 bits per heavy atom. The van der Waals surface area contributed by atoms with Crippen molar-refractivity contribution in [3.8, 4) is 5.69 Å². The first-order valence-electron chi connectivity index (χ1n) is 6.70. The molecular formula is C16H13N5. The maximum atomic E-state index is 5.83. The largest absolute Gasteiger partial charge is 0.399 e. The molecule has 4 rings (SSSR count). The van der Waals surface area contributed by atoms with Gasteiger partial charge < -0.3 is 5.73 Å². The summed E-state index contributed by atoms with van der Waals surface area (Å²) in [6.45, 7) is 1.94. The normalized spacial score (nSPS) is 11.3. The van der Waals surface area contributed by atoms with Crippen molar-refractivity contribution in [2.75, 3.05) is 5.73 Å². The Bertz CT molecular complexity index is 957. The van der Waals surface area contributed by atoms with Crippen molar-refractivity contribution in [2.45, 2.75) is 6.92 Å². The second-order valence-corrected chi connectivity index (χ2v) is 4.98. The summed E-state index contributed by atoms with van der Waals surface area (Å²) in [5.41, 5.74) is 11.5. The molecule has 2 aromatic heterocycles. The Morgan fingerprint density at radius 1 is 0.952 bits per heavy atom. The van der Waals surface area contributed by atoms with Gasteiger partial charge in [0.15, 0.2) is 5.65 Å². The van der Waals surface area contributed by atoms with Crippen LogP contribution in [0.4, 0.5) is 5.69 Å². The number of para-hydroxylation sites is 1. The molecule has 2 N–H and O–H groups in total. The van der Waals surface area contributed by atoms with Crippen LogP contribution in [-0.4, -0.2) is 19.7 Å². The van der Waals surface area contributed by atoms with Crippen molar-refractivity contribution < 1.29 is 0 Å². The van der Waals surface area contributed by atoms with Crippen LogP contribution in [0.1, 0.15) is 5.69 Å². The molecule has 0 aliphatic rings. The van der Waals surface area contributed by atoms with Gasteiger partial charge in [0.1, 0.15) is 5.52 Å². The van der Waals surface area contributed by atoms with E-state index >= 15 is 0 Å². The van der Waals surface area contributed by atoms with Crippen molar-refractivity contribution >= 4 is 27.9 Å². The molecule has 0 saturated heterocycles. The maximum Gasteiger partial charge on any atom is 0.182 e. The third kappa shape index (κ3) is 1.82. The van der Waals surface area contributed by atoms with Crippen molar-refractivity contribution in [3.05, 3.63) is 54.2 Å². The molecule has 5 nitrogen and oxygen atoms in total. The minimum Gasteiger partial charge on any atom is -0.399 e. The molecule has 0 aliphatic carbocycles.